The second-order valence-electron chi connectivity index (χ2n) is 3.88. The maximum Gasteiger partial charge on any atom is 0.255 e. The van der Waals surface area contributed by atoms with E-state index in [4.69, 9.17) is 5.73 Å². The Balaban J connectivity index is 2.22. The Morgan fingerprint density at radius 1 is 1.39 bits per heavy atom. The summed E-state index contributed by atoms with van der Waals surface area (Å²) in [5.41, 5.74) is 8.55. The fraction of sp³-hybridized carbons (Fsp3) is 0.0769. The number of benzene rings is 1. The summed E-state index contributed by atoms with van der Waals surface area (Å²) in [6.07, 6.45) is 3.24. The van der Waals surface area contributed by atoms with E-state index in [0.717, 1.165) is 10.0 Å². The number of carbonyl (C=O) groups is 1. The van der Waals surface area contributed by atoms with Crippen LogP contribution in [0.3, 0.4) is 0 Å². The van der Waals surface area contributed by atoms with Crippen molar-refractivity contribution in [3.8, 4) is 0 Å². The molecule has 2 rings (SSSR count). The summed E-state index contributed by atoms with van der Waals surface area (Å²) in [6.45, 7) is 1.90. The minimum atomic E-state index is -0.200. The van der Waals surface area contributed by atoms with Gasteiger partial charge in [-0.05, 0) is 46.6 Å². The molecule has 0 bridgehead atoms. The first kappa shape index (κ1) is 12.6. The highest BCUT2D eigenvalue weighted by Gasteiger charge is 2.09. The molecule has 0 atom stereocenters. The molecule has 4 nitrogen and oxygen atoms in total. The van der Waals surface area contributed by atoms with Gasteiger partial charge >= 0.3 is 0 Å². The number of pyridine rings is 1. The number of nitrogens with zero attached hydrogens (tertiary/aromatic N) is 1. The molecule has 1 aromatic heterocycles. The van der Waals surface area contributed by atoms with E-state index < -0.39 is 0 Å². The van der Waals surface area contributed by atoms with Crippen LogP contribution in [0.1, 0.15) is 15.9 Å². The van der Waals surface area contributed by atoms with Gasteiger partial charge in [-0.15, -0.1) is 0 Å². The number of amides is 1. The van der Waals surface area contributed by atoms with Crippen LogP contribution in [0, 0.1) is 6.92 Å². The van der Waals surface area contributed by atoms with Gasteiger partial charge in [-0.1, -0.05) is 6.07 Å². The lowest BCUT2D eigenvalue weighted by Crippen LogP contribution is -2.12. The highest BCUT2D eigenvalue weighted by atomic mass is 79.9. The molecule has 0 saturated heterocycles. The van der Waals surface area contributed by atoms with Gasteiger partial charge in [0, 0.05) is 23.6 Å². The van der Waals surface area contributed by atoms with Gasteiger partial charge in [-0.25, -0.2) is 0 Å². The van der Waals surface area contributed by atoms with Crippen LogP contribution in [0.5, 0.6) is 0 Å². The summed E-state index contributed by atoms with van der Waals surface area (Å²) >= 11 is 3.32. The average Bonchev–Trinajstić information content (AvgIpc) is 2.35. The van der Waals surface area contributed by atoms with Crippen molar-refractivity contribution >= 4 is 33.2 Å². The predicted octanol–water partition coefficient (Wildman–Crippen LogP) is 2.99. The van der Waals surface area contributed by atoms with Crippen LogP contribution >= 0.6 is 15.9 Å². The number of aromatic nitrogens is 1. The van der Waals surface area contributed by atoms with Crippen LogP contribution in [0.4, 0.5) is 11.4 Å². The highest BCUT2D eigenvalue weighted by Crippen LogP contribution is 2.21. The summed E-state index contributed by atoms with van der Waals surface area (Å²) in [7, 11) is 0. The number of carbonyl (C=O) groups excluding carboxylic acids is 1. The van der Waals surface area contributed by atoms with Gasteiger partial charge in [-0.3, -0.25) is 9.78 Å². The minimum Gasteiger partial charge on any atom is -0.398 e. The van der Waals surface area contributed by atoms with Crippen molar-refractivity contribution in [3.05, 3.63) is 52.3 Å². The van der Waals surface area contributed by atoms with Crippen LogP contribution in [0.15, 0.2) is 41.1 Å². The second kappa shape index (κ2) is 5.18. The fourth-order valence-corrected chi connectivity index (χ4v) is 1.80. The number of nitrogens with one attached hydrogen (secondary N) is 1. The van der Waals surface area contributed by atoms with Crippen molar-refractivity contribution in [3.63, 3.8) is 0 Å². The van der Waals surface area contributed by atoms with E-state index in [2.05, 4.69) is 26.2 Å². The summed E-state index contributed by atoms with van der Waals surface area (Å²) < 4.78 is 0.735. The van der Waals surface area contributed by atoms with Crippen LogP contribution in [0.2, 0.25) is 0 Å². The molecule has 92 valence electrons. The van der Waals surface area contributed by atoms with Crippen LogP contribution < -0.4 is 11.1 Å². The molecule has 0 radical (unpaired) electrons. The fourth-order valence-electron chi connectivity index (χ4n) is 1.45. The van der Waals surface area contributed by atoms with Crippen molar-refractivity contribution in [1.82, 2.24) is 4.98 Å². The lowest BCUT2D eigenvalue weighted by atomic mass is 10.1. The van der Waals surface area contributed by atoms with Gasteiger partial charge in [0.25, 0.3) is 5.91 Å². The molecule has 0 fully saturated rings. The minimum absolute atomic E-state index is 0.200. The van der Waals surface area contributed by atoms with Gasteiger partial charge in [0.1, 0.15) is 0 Å². The molecule has 18 heavy (non-hydrogen) atoms. The standard InChI is InChI=1S/C13H12BrN3O/c1-8-2-3-9(6-11(8)15)13(18)17-12-4-5-16-7-10(12)14/h2-7H,15H2,1H3,(H,16,17,18). The van der Waals surface area contributed by atoms with Gasteiger partial charge in [-0.2, -0.15) is 0 Å². The van der Waals surface area contributed by atoms with Crippen LogP contribution in [-0.2, 0) is 0 Å². The first-order valence-electron chi connectivity index (χ1n) is 5.35. The number of nitrogen functional groups attached to an aromatic ring is 1. The number of halogens is 1. The number of hydrogen-bond acceptors (Lipinski definition) is 3. The topological polar surface area (TPSA) is 68.0 Å². The largest absolute Gasteiger partial charge is 0.398 e. The molecule has 5 heteroatoms. The van der Waals surface area contributed by atoms with Gasteiger partial charge in [0.05, 0.1) is 10.2 Å². The van der Waals surface area contributed by atoms with E-state index >= 15 is 0 Å². The Morgan fingerprint density at radius 2 is 2.17 bits per heavy atom. The van der Waals surface area contributed by atoms with Crippen LogP contribution in [0.25, 0.3) is 0 Å². The molecule has 0 aliphatic rings. The quantitative estimate of drug-likeness (QED) is 0.838. The Hall–Kier alpha value is -1.88. The third-order valence-electron chi connectivity index (χ3n) is 2.56. The van der Waals surface area contributed by atoms with Crippen molar-refractivity contribution in [1.29, 1.82) is 0 Å². The molecule has 3 N–H and O–H groups in total. The number of aryl methyl sites for hydroxylation is 1. The summed E-state index contributed by atoms with van der Waals surface area (Å²) in [4.78, 5) is 16.0. The molecule has 1 heterocycles. The predicted molar refractivity (Wildman–Crippen MR) is 75.5 cm³/mol. The zero-order chi connectivity index (χ0) is 13.1. The van der Waals surface area contributed by atoms with E-state index in [0.29, 0.717) is 16.9 Å². The number of hydrogen-bond donors (Lipinski definition) is 2. The number of rotatable bonds is 2. The first-order valence-corrected chi connectivity index (χ1v) is 6.14. The van der Waals surface area contributed by atoms with E-state index in [9.17, 15) is 4.79 Å². The average molecular weight is 306 g/mol. The van der Waals surface area contributed by atoms with Gasteiger partial charge in [0.15, 0.2) is 0 Å². The third-order valence-corrected chi connectivity index (χ3v) is 3.19. The van der Waals surface area contributed by atoms with E-state index in [1.165, 1.54) is 0 Å². The number of anilines is 2. The zero-order valence-corrected chi connectivity index (χ0v) is 11.4. The van der Waals surface area contributed by atoms with E-state index in [1.807, 2.05) is 13.0 Å². The highest BCUT2D eigenvalue weighted by molar-refractivity contribution is 9.10. The Kier molecular flexibility index (Phi) is 3.62. The Bertz CT molecular complexity index is 599. The van der Waals surface area contributed by atoms with Gasteiger partial charge < -0.3 is 11.1 Å². The Morgan fingerprint density at radius 3 is 2.83 bits per heavy atom. The zero-order valence-electron chi connectivity index (χ0n) is 9.77. The molecule has 1 aromatic carbocycles. The van der Waals surface area contributed by atoms with Crippen molar-refractivity contribution in [2.75, 3.05) is 11.1 Å². The van der Waals surface area contributed by atoms with E-state index in [1.54, 1.807) is 30.6 Å². The monoisotopic (exact) mass is 305 g/mol. The van der Waals surface area contributed by atoms with Crippen molar-refractivity contribution in [2.24, 2.45) is 0 Å². The number of nitrogens with two attached hydrogens (primary N) is 1. The summed E-state index contributed by atoms with van der Waals surface area (Å²) in [5.74, 6) is -0.200. The molecular formula is C13H12BrN3O. The molecule has 0 saturated carbocycles. The first-order chi connectivity index (χ1) is 8.58. The molecular weight excluding hydrogens is 294 g/mol. The van der Waals surface area contributed by atoms with Gasteiger partial charge in [0.2, 0.25) is 0 Å². The molecule has 2 aromatic rings. The van der Waals surface area contributed by atoms with Crippen molar-refractivity contribution < 1.29 is 4.79 Å². The lowest BCUT2D eigenvalue weighted by molar-refractivity contribution is 0.102. The SMILES string of the molecule is Cc1ccc(C(=O)Nc2ccncc2Br)cc1N. The summed E-state index contributed by atoms with van der Waals surface area (Å²) in [5, 5.41) is 2.79. The van der Waals surface area contributed by atoms with E-state index in [-0.39, 0.29) is 5.91 Å². The normalized spacial score (nSPS) is 10.1. The molecule has 0 unspecified atom stereocenters. The second-order valence-corrected chi connectivity index (χ2v) is 4.74. The maximum absolute atomic E-state index is 12.0. The van der Waals surface area contributed by atoms with Crippen molar-refractivity contribution in [2.45, 2.75) is 6.92 Å². The molecule has 0 aliphatic heterocycles. The lowest BCUT2D eigenvalue weighted by Gasteiger charge is -2.08. The smallest absolute Gasteiger partial charge is 0.255 e. The Labute approximate surface area is 113 Å². The molecule has 0 spiro atoms. The van der Waals surface area contributed by atoms with Crippen LogP contribution in [-0.4, -0.2) is 10.9 Å². The molecule has 1 amide bonds. The maximum atomic E-state index is 12.0. The molecule has 0 aliphatic carbocycles. The third kappa shape index (κ3) is 2.68. The summed E-state index contributed by atoms with van der Waals surface area (Å²) in [6, 6.07) is 6.96.